The van der Waals surface area contributed by atoms with Gasteiger partial charge in [-0.15, -0.1) is 0 Å². The van der Waals surface area contributed by atoms with Gasteiger partial charge in [0.2, 0.25) is 0 Å². The first-order valence-electron chi connectivity index (χ1n) is 8.13. The van der Waals surface area contributed by atoms with Crippen molar-refractivity contribution in [1.29, 1.82) is 0 Å². The maximum absolute atomic E-state index is 4.92. The summed E-state index contributed by atoms with van der Waals surface area (Å²) in [6, 6.07) is 5.27. The van der Waals surface area contributed by atoms with Crippen LogP contribution in [0, 0.1) is 0 Å². The van der Waals surface area contributed by atoms with Crippen molar-refractivity contribution < 1.29 is 0 Å². The molecule has 0 saturated heterocycles. The number of anilines is 1. The maximum Gasteiger partial charge on any atom is 0.129 e. The Morgan fingerprint density at radius 3 is 2.60 bits per heavy atom. The second kappa shape index (κ2) is 7.07. The van der Waals surface area contributed by atoms with Crippen LogP contribution < -0.4 is 10.2 Å². The van der Waals surface area contributed by atoms with Crippen LogP contribution in [0.1, 0.15) is 64.1 Å². The molecule has 0 unspecified atom stereocenters. The van der Waals surface area contributed by atoms with Crippen LogP contribution in [0.25, 0.3) is 0 Å². The Labute approximate surface area is 123 Å². The standard InChI is InChI=1S/C17H29N3/c1-5-9-20(15-7-8-15)17-11-14(12-18-6-2)10-16(19-17)13(3)4/h10-11,13,15,18H,5-9,12H2,1-4H3. The van der Waals surface area contributed by atoms with E-state index in [1.807, 2.05) is 0 Å². The van der Waals surface area contributed by atoms with Crippen molar-refractivity contribution in [2.75, 3.05) is 18.0 Å². The van der Waals surface area contributed by atoms with Gasteiger partial charge in [0.25, 0.3) is 0 Å². The third kappa shape index (κ3) is 3.95. The molecule has 1 aliphatic carbocycles. The molecule has 0 spiro atoms. The molecule has 3 heteroatoms. The highest BCUT2D eigenvalue weighted by atomic mass is 15.2. The van der Waals surface area contributed by atoms with E-state index in [4.69, 9.17) is 4.98 Å². The minimum Gasteiger partial charge on any atom is -0.354 e. The zero-order valence-electron chi connectivity index (χ0n) is 13.4. The summed E-state index contributed by atoms with van der Waals surface area (Å²) < 4.78 is 0. The third-order valence-electron chi connectivity index (χ3n) is 3.81. The van der Waals surface area contributed by atoms with Crippen molar-refractivity contribution >= 4 is 5.82 Å². The Morgan fingerprint density at radius 1 is 1.30 bits per heavy atom. The highest BCUT2D eigenvalue weighted by Gasteiger charge is 2.29. The van der Waals surface area contributed by atoms with Crippen LogP contribution in [0.4, 0.5) is 5.82 Å². The molecule has 3 nitrogen and oxygen atoms in total. The molecular formula is C17H29N3. The molecular weight excluding hydrogens is 246 g/mol. The van der Waals surface area contributed by atoms with E-state index in [2.05, 4.69) is 50.0 Å². The van der Waals surface area contributed by atoms with E-state index in [0.29, 0.717) is 5.92 Å². The summed E-state index contributed by atoms with van der Waals surface area (Å²) >= 11 is 0. The van der Waals surface area contributed by atoms with Crippen molar-refractivity contribution in [2.45, 2.75) is 65.5 Å². The van der Waals surface area contributed by atoms with Gasteiger partial charge in [0.1, 0.15) is 5.82 Å². The Bertz CT molecular complexity index is 424. The van der Waals surface area contributed by atoms with E-state index in [0.717, 1.165) is 25.7 Å². The van der Waals surface area contributed by atoms with E-state index >= 15 is 0 Å². The van der Waals surface area contributed by atoms with Gasteiger partial charge >= 0.3 is 0 Å². The van der Waals surface area contributed by atoms with Crippen molar-refractivity contribution in [3.63, 3.8) is 0 Å². The molecule has 0 aromatic carbocycles. The predicted molar refractivity (Wildman–Crippen MR) is 86.4 cm³/mol. The SMILES string of the molecule is CCCN(c1cc(CNCC)cc(C(C)C)n1)C1CC1. The Morgan fingerprint density at radius 2 is 2.05 bits per heavy atom. The zero-order valence-corrected chi connectivity index (χ0v) is 13.4. The molecule has 1 aromatic heterocycles. The fourth-order valence-corrected chi connectivity index (χ4v) is 2.52. The lowest BCUT2D eigenvalue weighted by molar-refractivity contribution is 0.709. The van der Waals surface area contributed by atoms with E-state index in [1.165, 1.54) is 36.3 Å². The summed E-state index contributed by atoms with van der Waals surface area (Å²) in [6.07, 6.45) is 3.85. The van der Waals surface area contributed by atoms with Crippen molar-refractivity contribution in [2.24, 2.45) is 0 Å². The van der Waals surface area contributed by atoms with E-state index in [9.17, 15) is 0 Å². The van der Waals surface area contributed by atoms with Gasteiger partial charge in [-0.2, -0.15) is 0 Å². The van der Waals surface area contributed by atoms with Gasteiger partial charge in [0.15, 0.2) is 0 Å². The second-order valence-corrected chi connectivity index (χ2v) is 6.12. The van der Waals surface area contributed by atoms with E-state index in [1.54, 1.807) is 0 Å². The summed E-state index contributed by atoms with van der Waals surface area (Å²) in [4.78, 5) is 7.43. The lowest BCUT2D eigenvalue weighted by Gasteiger charge is -2.25. The first-order chi connectivity index (χ1) is 9.65. The maximum atomic E-state index is 4.92. The Hall–Kier alpha value is -1.09. The van der Waals surface area contributed by atoms with Gasteiger partial charge < -0.3 is 10.2 Å². The molecule has 1 N–H and O–H groups in total. The highest BCUT2D eigenvalue weighted by Crippen LogP contribution is 2.32. The smallest absolute Gasteiger partial charge is 0.129 e. The highest BCUT2D eigenvalue weighted by molar-refractivity contribution is 5.45. The first kappa shape index (κ1) is 15.3. The Kier molecular flexibility index (Phi) is 5.41. The first-order valence-corrected chi connectivity index (χ1v) is 8.13. The molecule has 1 aliphatic rings. The van der Waals surface area contributed by atoms with Crippen LogP contribution in [0.15, 0.2) is 12.1 Å². The normalized spacial score (nSPS) is 14.8. The number of rotatable bonds is 8. The van der Waals surface area contributed by atoms with E-state index in [-0.39, 0.29) is 0 Å². The van der Waals surface area contributed by atoms with Crippen LogP contribution in [0.3, 0.4) is 0 Å². The van der Waals surface area contributed by atoms with Crippen molar-refractivity contribution in [1.82, 2.24) is 10.3 Å². The summed E-state index contributed by atoms with van der Waals surface area (Å²) in [5.41, 5.74) is 2.58. The third-order valence-corrected chi connectivity index (χ3v) is 3.81. The Balaban J connectivity index is 2.26. The monoisotopic (exact) mass is 275 g/mol. The average molecular weight is 275 g/mol. The molecule has 1 heterocycles. The molecule has 0 atom stereocenters. The zero-order chi connectivity index (χ0) is 14.5. The van der Waals surface area contributed by atoms with Crippen molar-refractivity contribution in [3.8, 4) is 0 Å². The van der Waals surface area contributed by atoms with Crippen LogP contribution in [0.5, 0.6) is 0 Å². The number of hydrogen-bond donors (Lipinski definition) is 1. The van der Waals surface area contributed by atoms with Gasteiger partial charge in [-0.3, -0.25) is 0 Å². The van der Waals surface area contributed by atoms with Gasteiger partial charge in [-0.1, -0.05) is 27.7 Å². The predicted octanol–water partition coefficient (Wildman–Crippen LogP) is 3.69. The number of pyridine rings is 1. The van der Waals surface area contributed by atoms with Crippen LogP contribution in [0.2, 0.25) is 0 Å². The molecule has 1 fully saturated rings. The molecule has 0 radical (unpaired) electrons. The number of nitrogens with zero attached hydrogens (tertiary/aromatic N) is 2. The lowest BCUT2D eigenvalue weighted by Crippen LogP contribution is -2.28. The van der Waals surface area contributed by atoms with Crippen LogP contribution in [-0.2, 0) is 6.54 Å². The van der Waals surface area contributed by atoms with Gasteiger partial charge in [0.05, 0.1) is 0 Å². The fourth-order valence-electron chi connectivity index (χ4n) is 2.52. The second-order valence-electron chi connectivity index (χ2n) is 6.12. The molecule has 0 amide bonds. The minimum absolute atomic E-state index is 0.484. The molecule has 1 saturated carbocycles. The minimum atomic E-state index is 0.484. The average Bonchev–Trinajstić information content (AvgIpc) is 3.26. The number of aromatic nitrogens is 1. The summed E-state index contributed by atoms with van der Waals surface area (Å²) in [7, 11) is 0. The van der Waals surface area contributed by atoms with E-state index < -0.39 is 0 Å². The fraction of sp³-hybridized carbons (Fsp3) is 0.706. The quantitative estimate of drug-likeness (QED) is 0.784. The molecule has 0 aliphatic heterocycles. The van der Waals surface area contributed by atoms with Gasteiger partial charge in [-0.25, -0.2) is 4.98 Å². The summed E-state index contributed by atoms with van der Waals surface area (Å²) in [5, 5.41) is 3.43. The number of hydrogen-bond acceptors (Lipinski definition) is 3. The molecule has 2 rings (SSSR count). The van der Waals surface area contributed by atoms with Crippen LogP contribution in [-0.4, -0.2) is 24.1 Å². The molecule has 1 aromatic rings. The molecule has 20 heavy (non-hydrogen) atoms. The summed E-state index contributed by atoms with van der Waals surface area (Å²) in [6.45, 7) is 11.9. The number of nitrogens with one attached hydrogen (secondary N) is 1. The molecule has 0 bridgehead atoms. The lowest BCUT2D eigenvalue weighted by atomic mass is 10.1. The summed E-state index contributed by atoms with van der Waals surface area (Å²) in [5.74, 6) is 1.67. The van der Waals surface area contributed by atoms with Gasteiger partial charge in [-0.05, 0) is 49.4 Å². The topological polar surface area (TPSA) is 28.2 Å². The molecule has 112 valence electrons. The van der Waals surface area contributed by atoms with Crippen molar-refractivity contribution in [3.05, 3.63) is 23.4 Å². The van der Waals surface area contributed by atoms with Gasteiger partial charge in [0, 0.05) is 24.8 Å². The largest absolute Gasteiger partial charge is 0.354 e. The van der Waals surface area contributed by atoms with Crippen LogP contribution >= 0.6 is 0 Å².